The van der Waals surface area contributed by atoms with Crippen LogP contribution in [0.3, 0.4) is 0 Å². The summed E-state index contributed by atoms with van der Waals surface area (Å²) in [6.07, 6.45) is 8.52. The fraction of sp³-hybridized carbons (Fsp3) is 0.458. The molecule has 1 aliphatic heterocycles. The van der Waals surface area contributed by atoms with Crippen molar-refractivity contribution in [1.29, 1.82) is 0 Å². The van der Waals surface area contributed by atoms with E-state index in [1.807, 2.05) is 50.1 Å². The smallest absolute Gasteiger partial charge is 0.410 e. The monoisotopic (exact) mass is 447 g/mol. The van der Waals surface area contributed by atoms with Crippen LogP contribution < -0.4 is 10.2 Å². The number of hydrogen-bond donors (Lipinski definition) is 1. The van der Waals surface area contributed by atoms with Crippen molar-refractivity contribution < 1.29 is 9.53 Å². The number of hydrogen-bond acceptors (Lipinski definition) is 8. The van der Waals surface area contributed by atoms with Gasteiger partial charge >= 0.3 is 6.09 Å². The Balaban J connectivity index is 1.29. The van der Waals surface area contributed by atoms with Crippen molar-refractivity contribution in [1.82, 2.24) is 24.8 Å². The van der Waals surface area contributed by atoms with E-state index in [4.69, 9.17) is 4.74 Å². The van der Waals surface area contributed by atoms with E-state index in [0.717, 1.165) is 47.5 Å². The highest BCUT2D eigenvalue weighted by Gasteiger charge is 2.54. The standard InChI is InChI=1S/C24H29N7O2/c1-23(2,3)33-22(32)31-11-10-30(15-24(31)6-7-24)21-20(14-25-16-29-21)28-13-17-4-5-18-19(12-17)27-9-8-26-18/h4-5,8-9,12,14,16,28H,6-7,10-11,13,15H2,1-3H3. The zero-order chi connectivity index (χ0) is 23.1. The number of aromatic nitrogens is 4. The van der Waals surface area contributed by atoms with E-state index in [1.54, 1.807) is 18.7 Å². The molecule has 1 saturated heterocycles. The molecule has 3 aromatic rings. The van der Waals surface area contributed by atoms with E-state index in [2.05, 4.69) is 30.2 Å². The van der Waals surface area contributed by atoms with Gasteiger partial charge in [-0.25, -0.2) is 14.8 Å². The molecule has 0 unspecified atom stereocenters. The first-order valence-electron chi connectivity index (χ1n) is 11.3. The third kappa shape index (κ3) is 4.53. The first-order chi connectivity index (χ1) is 15.8. The van der Waals surface area contributed by atoms with Gasteiger partial charge in [-0.3, -0.25) is 14.9 Å². The number of ether oxygens (including phenoxy) is 1. The van der Waals surface area contributed by atoms with Crippen molar-refractivity contribution in [3.8, 4) is 0 Å². The number of carbonyl (C=O) groups excluding carboxylic acids is 1. The second-order valence-electron chi connectivity index (χ2n) is 9.77. The fourth-order valence-corrected chi connectivity index (χ4v) is 4.35. The predicted octanol–water partition coefficient (Wildman–Crippen LogP) is 3.62. The van der Waals surface area contributed by atoms with Crippen LogP contribution in [0.1, 0.15) is 39.2 Å². The van der Waals surface area contributed by atoms with Crippen molar-refractivity contribution >= 4 is 28.6 Å². The molecule has 1 aliphatic carbocycles. The summed E-state index contributed by atoms with van der Waals surface area (Å²) in [5.41, 5.74) is 3.06. The van der Waals surface area contributed by atoms with E-state index >= 15 is 0 Å². The molecule has 2 fully saturated rings. The Kier molecular flexibility index (Phi) is 5.26. The molecule has 1 saturated carbocycles. The Labute approximate surface area is 193 Å². The number of piperazine rings is 1. The Morgan fingerprint density at radius 1 is 1.12 bits per heavy atom. The first kappa shape index (κ1) is 21.4. The molecule has 3 heterocycles. The topological polar surface area (TPSA) is 96.4 Å². The van der Waals surface area contributed by atoms with Gasteiger partial charge in [-0.05, 0) is 51.3 Å². The summed E-state index contributed by atoms with van der Waals surface area (Å²) in [4.78, 5) is 34.5. The Morgan fingerprint density at radius 3 is 2.67 bits per heavy atom. The first-order valence-corrected chi connectivity index (χ1v) is 11.3. The number of nitrogens with zero attached hydrogens (tertiary/aromatic N) is 6. The van der Waals surface area contributed by atoms with Gasteiger partial charge in [0.2, 0.25) is 0 Å². The van der Waals surface area contributed by atoms with Crippen LogP contribution in [0.5, 0.6) is 0 Å². The van der Waals surface area contributed by atoms with Crippen LogP contribution in [0.15, 0.2) is 43.1 Å². The molecule has 0 radical (unpaired) electrons. The molecule has 9 nitrogen and oxygen atoms in total. The van der Waals surface area contributed by atoms with Crippen LogP contribution >= 0.6 is 0 Å². The molecule has 5 rings (SSSR count). The molecule has 0 atom stereocenters. The predicted molar refractivity (Wildman–Crippen MR) is 126 cm³/mol. The summed E-state index contributed by atoms with van der Waals surface area (Å²) in [6.45, 7) is 8.38. The second-order valence-corrected chi connectivity index (χ2v) is 9.77. The van der Waals surface area contributed by atoms with Gasteiger partial charge < -0.3 is 15.0 Å². The van der Waals surface area contributed by atoms with Gasteiger partial charge in [-0.15, -0.1) is 0 Å². The quantitative estimate of drug-likeness (QED) is 0.648. The van der Waals surface area contributed by atoms with Gasteiger partial charge in [0.15, 0.2) is 5.82 Å². The summed E-state index contributed by atoms with van der Waals surface area (Å²) in [7, 11) is 0. The number of anilines is 2. The molecule has 1 aromatic carbocycles. The average Bonchev–Trinajstić information content (AvgIpc) is 3.55. The minimum absolute atomic E-state index is 0.167. The third-order valence-electron chi connectivity index (χ3n) is 6.10. The van der Waals surface area contributed by atoms with E-state index in [0.29, 0.717) is 19.6 Å². The number of benzene rings is 1. The molecule has 1 N–H and O–H groups in total. The van der Waals surface area contributed by atoms with Gasteiger partial charge in [0.05, 0.1) is 28.5 Å². The van der Waals surface area contributed by atoms with E-state index in [-0.39, 0.29) is 11.6 Å². The van der Waals surface area contributed by atoms with Crippen LogP contribution in [0.4, 0.5) is 16.3 Å². The highest BCUT2D eigenvalue weighted by Crippen LogP contribution is 2.46. The zero-order valence-electron chi connectivity index (χ0n) is 19.3. The van der Waals surface area contributed by atoms with E-state index in [1.165, 1.54) is 0 Å². The van der Waals surface area contributed by atoms with Crippen molar-refractivity contribution in [2.24, 2.45) is 0 Å². The molecule has 2 aliphatic rings. The maximum absolute atomic E-state index is 12.8. The van der Waals surface area contributed by atoms with E-state index < -0.39 is 5.60 Å². The molecule has 2 aromatic heterocycles. The summed E-state index contributed by atoms with van der Waals surface area (Å²) in [5, 5.41) is 3.48. The number of fused-ring (bicyclic) bond motifs is 1. The van der Waals surface area contributed by atoms with Crippen molar-refractivity contribution in [3.63, 3.8) is 0 Å². The summed E-state index contributed by atoms with van der Waals surface area (Å²) in [5.74, 6) is 0.862. The lowest BCUT2D eigenvalue weighted by molar-refractivity contribution is 0.0106. The molecule has 1 spiro atoms. The number of amides is 1. The Hall–Kier alpha value is -3.49. The third-order valence-corrected chi connectivity index (χ3v) is 6.10. The number of carbonyl (C=O) groups is 1. The second kappa shape index (κ2) is 8.13. The lowest BCUT2D eigenvalue weighted by atomic mass is 10.1. The normalized spacial score (nSPS) is 17.3. The molecule has 172 valence electrons. The zero-order valence-corrected chi connectivity index (χ0v) is 19.3. The Bertz CT molecular complexity index is 1170. The number of nitrogens with one attached hydrogen (secondary N) is 1. The fourth-order valence-electron chi connectivity index (χ4n) is 4.35. The van der Waals surface area contributed by atoms with Crippen LogP contribution in [0.25, 0.3) is 11.0 Å². The highest BCUT2D eigenvalue weighted by atomic mass is 16.6. The van der Waals surface area contributed by atoms with Gasteiger partial charge in [0.1, 0.15) is 11.9 Å². The molecular formula is C24H29N7O2. The highest BCUT2D eigenvalue weighted by molar-refractivity contribution is 5.75. The van der Waals surface area contributed by atoms with Gasteiger partial charge in [-0.2, -0.15) is 0 Å². The summed E-state index contributed by atoms with van der Waals surface area (Å²) in [6, 6.07) is 6.07. The molecule has 33 heavy (non-hydrogen) atoms. The van der Waals surface area contributed by atoms with E-state index in [9.17, 15) is 4.79 Å². The molecule has 9 heteroatoms. The van der Waals surface area contributed by atoms with Gasteiger partial charge in [0, 0.05) is 38.6 Å². The largest absolute Gasteiger partial charge is 0.444 e. The van der Waals surface area contributed by atoms with Crippen LogP contribution in [-0.4, -0.2) is 61.7 Å². The maximum Gasteiger partial charge on any atom is 0.410 e. The SMILES string of the molecule is CC(C)(C)OC(=O)N1CCN(c2ncncc2NCc2ccc3nccnc3c2)CC12CC2. The lowest BCUT2D eigenvalue weighted by Crippen LogP contribution is -2.58. The summed E-state index contributed by atoms with van der Waals surface area (Å²) < 4.78 is 5.66. The van der Waals surface area contributed by atoms with Crippen LogP contribution in [0, 0.1) is 0 Å². The average molecular weight is 448 g/mol. The van der Waals surface area contributed by atoms with Crippen molar-refractivity contribution in [2.75, 3.05) is 29.9 Å². The van der Waals surface area contributed by atoms with Gasteiger partial charge in [-0.1, -0.05) is 6.07 Å². The number of rotatable bonds is 4. The summed E-state index contributed by atoms with van der Waals surface area (Å²) >= 11 is 0. The maximum atomic E-state index is 12.8. The lowest BCUT2D eigenvalue weighted by Gasteiger charge is -2.43. The molecule has 1 amide bonds. The van der Waals surface area contributed by atoms with Crippen molar-refractivity contribution in [2.45, 2.75) is 51.3 Å². The van der Waals surface area contributed by atoms with Crippen LogP contribution in [-0.2, 0) is 11.3 Å². The molecule has 0 bridgehead atoms. The molecular weight excluding hydrogens is 418 g/mol. The Morgan fingerprint density at radius 2 is 1.91 bits per heavy atom. The van der Waals surface area contributed by atoms with Crippen molar-refractivity contribution in [3.05, 3.63) is 48.7 Å². The van der Waals surface area contributed by atoms with Crippen LogP contribution in [0.2, 0.25) is 0 Å². The minimum Gasteiger partial charge on any atom is -0.444 e. The van der Waals surface area contributed by atoms with Gasteiger partial charge in [0.25, 0.3) is 0 Å². The minimum atomic E-state index is -0.498.